The SMILES string of the molecule is c1ccc(-c2nc(-c3ccccc3)nc(-n3c4cccc(-c5cccc6c5c5ccncc5n6-c5ccccc5)c4n4c5ccccc5nc34)n2)cc1. The summed E-state index contributed by atoms with van der Waals surface area (Å²) in [5, 5.41) is 2.29. The lowest BCUT2D eigenvalue weighted by Gasteiger charge is -2.11. The molecule has 0 bridgehead atoms. The number of nitrogens with zero attached hydrogens (tertiary/aromatic N) is 8. The van der Waals surface area contributed by atoms with E-state index in [0.717, 1.165) is 77.6 Å². The van der Waals surface area contributed by atoms with E-state index in [0.29, 0.717) is 17.6 Å². The van der Waals surface area contributed by atoms with E-state index >= 15 is 0 Å². The van der Waals surface area contributed by atoms with Gasteiger partial charge < -0.3 is 4.57 Å². The van der Waals surface area contributed by atoms with Crippen molar-refractivity contribution in [2.45, 2.75) is 0 Å². The number of hydrogen-bond donors (Lipinski definition) is 0. The zero-order valence-corrected chi connectivity index (χ0v) is 28.2. The number of para-hydroxylation sites is 4. The maximum atomic E-state index is 5.24. The van der Waals surface area contributed by atoms with Crippen LogP contribution >= 0.6 is 0 Å². The number of imidazole rings is 2. The fraction of sp³-hybridized carbons (Fsp3) is 0. The van der Waals surface area contributed by atoms with Crippen LogP contribution in [0.4, 0.5) is 0 Å². The smallest absolute Gasteiger partial charge is 0.241 e. The van der Waals surface area contributed by atoms with Crippen LogP contribution < -0.4 is 0 Å². The molecule has 53 heavy (non-hydrogen) atoms. The maximum absolute atomic E-state index is 5.24. The van der Waals surface area contributed by atoms with Gasteiger partial charge in [-0.25, -0.2) is 14.5 Å². The van der Waals surface area contributed by atoms with Gasteiger partial charge in [0.15, 0.2) is 11.6 Å². The number of pyridine rings is 1. The molecule has 0 saturated carbocycles. The van der Waals surface area contributed by atoms with E-state index in [1.54, 1.807) is 0 Å². The molecule has 0 spiro atoms. The Hall–Kier alpha value is -7.45. The summed E-state index contributed by atoms with van der Waals surface area (Å²) in [6, 6.07) is 54.0. The first kappa shape index (κ1) is 29.3. The second-order valence-corrected chi connectivity index (χ2v) is 13.0. The van der Waals surface area contributed by atoms with Crippen molar-refractivity contribution in [3.63, 3.8) is 0 Å². The van der Waals surface area contributed by atoms with Gasteiger partial charge in [0, 0.05) is 39.3 Å². The van der Waals surface area contributed by atoms with Crippen LogP contribution in [0, 0.1) is 0 Å². The lowest BCUT2D eigenvalue weighted by Crippen LogP contribution is -2.07. The fourth-order valence-corrected chi connectivity index (χ4v) is 7.74. The summed E-state index contributed by atoms with van der Waals surface area (Å²) < 4.78 is 6.64. The van der Waals surface area contributed by atoms with Gasteiger partial charge in [-0.2, -0.15) is 9.97 Å². The van der Waals surface area contributed by atoms with Crippen LogP contribution in [-0.2, 0) is 0 Å². The molecule has 0 atom stereocenters. The molecule has 11 aromatic rings. The fourth-order valence-electron chi connectivity index (χ4n) is 7.74. The molecule has 5 heterocycles. The average molecular weight is 681 g/mol. The highest BCUT2D eigenvalue weighted by atomic mass is 15.3. The van der Waals surface area contributed by atoms with Gasteiger partial charge in [0.05, 0.1) is 39.3 Å². The van der Waals surface area contributed by atoms with Crippen LogP contribution in [0.2, 0.25) is 0 Å². The first-order chi connectivity index (χ1) is 26.3. The predicted octanol–water partition coefficient (Wildman–Crippen LogP) is 10.1. The second kappa shape index (κ2) is 11.5. The van der Waals surface area contributed by atoms with E-state index in [1.165, 1.54) is 0 Å². The van der Waals surface area contributed by atoms with Gasteiger partial charge in [-0.15, -0.1) is 0 Å². The van der Waals surface area contributed by atoms with Gasteiger partial charge in [-0.1, -0.05) is 115 Å². The van der Waals surface area contributed by atoms with Crippen LogP contribution in [-0.4, -0.2) is 38.5 Å². The molecule has 0 amide bonds. The summed E-state index contributed by atoms with van der Waals surface area (Å²) in [5.41, 5.74) is 11.1. The molecule has 8 nitrogen and oxygen atoms in total. The molecule has 8 heteroatoms. The molecule has 0 N–H and O–H groups in total. The largest absolute Gasteiger partial charge is 0.308 e. The normalized spacial score (nSPS) is 11.8. The van der Waals surface area contributed by atoms with Crippen LogP contribution in [0.3, 0.4) is 0 Å². The molecule has 11 rings (SSSR count). The molecule has 0 aliphatic heterocycles. The van der Waals surface area contributed by atoms with Crippen molar-refractivity contribution in [2.24, 2.45) is 0 Å². The second-order valence-electron chi connectivity index (χ2n) is 13.0. The number of aromatic nitrogens is 8. The maximum Gasteiger partial charge on any atom is 0.241 e. The molecular weight excluding hydrogens is 653 g/mol. The van der Waals surface area contributed by atoms with Gasteiger partial charge in [-0.05, 0) is 48.0 Å². The highest BCUT2D eigenvalue weighted by Crippen LogP contribution is 2.42. The molecule has 0 fully saturated rings. The highest BCUT2D eigenvalue weighted by Gasteiger charge is 2.25. The Morgan fingerprint density at radius 1 is 0.434 bits per heavy atom. The van der Waals surface area contributed by atoms with Gasteiger partial charge in [0.1, 0.15) is 0 Å². The third kappa shape index (κ3) is 4.46. The van der Waals surface area contributed by atoms with E-state index in [1.807, 2.05) is 85.2 Å². The predicted molar refractivity (Wildman–Crippen MR) is 211 cm³/mol. The van der Waals surface area contributed by atoms with E-state index in [4.69, 9.17) is 19.9 Å². The summed E-state index contributed by atoms with van der Waals surface area (Å²) in [4.78, 5) is 25.1. The molecule has 0 saturated heterocycles. The number of rotatable bonds is 5. The third-order valence-corrected chi connectivity index (χ3v) is 10.0. The minimum atomic E-state index is 0.495. The Kier molecular flexibility index (Phi) is 6.38. The van der Waals surface area contributed by atoms with Crippen molar-refractivity contribution in [3.8, 4) is 45.5 Å². The third-order valence-electron chi connectivity index (χ3n) is 10.0. The van der Waals surface area contributed by atoms with Crippen molar-refractivity contribution in [2.75, 3.05) is 0 Å². The Morgan fingerprint density at radius 3 is 1.79 bits per heavy atom. The Balaban J connectivity index is 1.26. The lowest BCUT2D eigenvalue weighted by atomic mass is 9.98. The zero-order valence-electron chi connectivity index (χ0n) is 28.2. The van der Waals surface area contributed by atoms with Crippen LogP contribution in [0.5, 0.6) is 0 Å². The molecule has 0 radical (unpaired) electrons. The van der Waals surface area contributed by atoms with Gasteiger partial charge in [0.2, 0.25) is 11.7 Å². The molecule has 5 aromatic heterocycles. The molecule has 0 aliphatic carbocycles. The lowest BCUT2D eigenvalue weighted by molar-refractivity contribution is 0.937. The first-order valence-electron chi connectivity index (χ1n) is 17.5. The molecule has 248 valence electrons. The Labute approximate surface area is 302 Å². The van der Waals surface area contributed by atoms with Crippen molar-refractivity contribution >= 4 is 49.7 Å². The molecular formula is C45H28N8. The topological polar surface area (TPSA) is 78.7 Å². The Morgan fingerprint density at radius 2 is 1.06 bits per heavy atom. The van der Waals surface area contributed by atoms with Gasteiger partial charge >= 0.3 is 0 Å². The van der Waals surface area contributed by atoms with Crippen LogP contribution in [0.1, 0.15) is 0 Å². The van der Waals surface area contributed by atoms with E-state index in [9.17, 15) is 0 Å². The zero-order chi connectivity index (χ0) is 34.9. The average Bonchev–Trinajstić information content (AvgIpc) is 3.88. The minimum Gasteiger partial charge on any atom is -0.308 e. The number of hydrogen-bond acceptors (Lipinski definition) is 5. The van der Waals surface area contributed by atoms with Crippen molar-refractivity contribution in [3.05, 3.63) is 170 Å². The number of fused-ring (bicyclic) bond motifs is 8. The summed E-state index contributed by atoms with van der Waals surface area (Å²) in [7, 11) is 0. The van der Waals surface area contributed by atoms with Crippen molar-refractivity contribution in [1.82, 2.24) is 38.5 Å². The summed E-state index contributed by atoms with van der Waals surface area (Å²) in [5.74, 6) is 2.40. The summed E-state index contributed by atoms with van der Waals surface area (Å²) in [6.07, 6.45) is 3.84. The first-order valence-corrected chi connectivity index (χ1v) is 17.5. The molecule has 0 aliphatic rings. The minimum absolute atomic E-state index is 0.495. The van der Waals surface area contributed by atoms with Crippen molar-refractivity contribution < 1.29 is 0 Å². The monoisotopic (exact) mass is 680 g/mol. The van der Waals surface area contributed by atoms with Gasteiger partial charge in [-0.3, -0.25) is 9.38 Å². The number of benzene rings is 6. The molecule has 0 unspecified atom stereocenters. The summed E-state index contributed by atoms with van der Waals surface area (Å²) in [6.45, 7) is 0. The summed E-state index contributed by atoms with van der Waals surface area (Å²) >= 11 is 0. The van der Waals surface area contributed by atoms with Crippen LogP contribution in [0.15, 0.2) is 170 Å². The van der Waals surface area contributed by atoms with Gasteiger partial charge in [0.25, 0.3) is 0 Å². The van der Waals surface area contributed by atoms with E-state index < -0.39 is 0 Å². The highest BCUT2D eigenvalue weighted by molar-refractivity contribution is 6.18. The van der Waals surface area contributed by atoms with E-state index in [2.05, 4.69) is 103 Å². The molecule has 6 aromatic carbocycles. The standard InChI is InChI=1S/C45H28N8/c1-4-14-29(15-5-1)42-48-43(30-16-6-2-7-17-30)50-44(49-42)53-38-25-13-21-33(41(38)52-36-23-11-10-22-35(36)47-45(52)53)32-20-12-24-37-40(32)34-26-27-46-28-39(34)51(37)31-18-8-3-9-19-31/h1-28H. The van der Waals surface area contributed by atoms with Crippen LogP contribution in [0.25, 0.3) is 95.2 Å². The Bertz CT molecular complexity index is 3100. The van der Waals surface area contributed by atoms with E-state index in [-0.39, 0.29) is 0 Å². The quantitative estimate of drug-likeness (QED) is 0.181. The van der Waals surface area contributed by atoms with Crippen molar-refractivity contribution in [1.29, 1.82) is 0 Å².